The number of ether oxygens (including phenoxy) is 3. The molecule has 3 N–H and O–H groups in total. The Morgan fingerprint density at radius 2 is 1.78 bits per heavy atom. The van der Waals surface area contributed by atoms with Crippen LogP contribution in [0.5, 0.6) is 11.6 Å². The van der Waals surface area contributed by atoms with Crippen LogP contribution in [0.1, 0.15) is 89.7 Å². The van der Waals surface area contributed by atoms with E-state index in [0.29, 0.717) is 66.4 Å². The number of benzene rings is 1. The summed E-state index contributed by atoms with van der Waals surface area (Å²) in [6, 6.07) is 3.25. The van der Waals surface area contributed by atoms with Gasteiger partial charge in [0, 0.05) is 18.4 Å². The molecule has 6 aliphatic rings. The fourth-order valence-corrected chi connectivity index (χ4v) is 9.84. The highest BCUT2D eigenvalue weighted by Gasteiger charge is 2.63. The average Bonchev–Trinajstić information content (AvgIpc) is 4.10. The number of aryl methyl sites for hydroxylation is 1. The van der Waals surface area contributed by atoms with Gasteiger partial charge in [-0.25, -0.2) is 23.2 Å². The number of hydrogen-bond donors (Lipinski definition) is 3. The number of methoxy groups -OCH3 is 1. The SMILES string of the molecule is COc1ccc2nc(C)c(O[C@@H]3C[C@H]4C(=O)N[C@]5(C(=O)NS(=O)(=O)C6(C)CC6)C[C@H]5/C=C\CCCCC[C@H](NC(=O)OC5C[C@@H]6C[C@@H]6C5)C(=O)N4C3)nc2c1. The maximum Gasteiger partial charge on any atom is 0.408 e. The highest BCUT2D eigenvalue weighted by molar-refractivity contribution is 7.91. The van der Waals surface area contributed by atoms with E-state index >= 15 is 0 Å². The van der Waals surface area contributed by atoms with E-state index in [-0.39, 0.29) is 31.4 Å². The van der Waals surface area contributed by atoms with E-state index in [0.717, 1.165) is 25.7 Å². The van der Waals surface area contributed by atoms with Gasteiger partial charge in [-0.05, 0) is 95.6 Å². The molecule has 4 amide bonds. The molecule has 2 aliphatic heterocycles. The molecule has 0 radical (unpaired) electrons. The zero-order valence-electron chi connectivity index (χ0n) is 31.5. The number of allylic oxidation sites excluding steroid dienone is 1. The number of sulfonamides is 1. The van der Waals surface area contributed by atoms with Crippen LogP contribution in [-0.4, -0.2) is 95.3 Å². The summed E-state index contributed by atoms with van der Waals surface area (Å²) in [6.07, 6.45) is 9.54. The summed E-state index contributed by atoms with van der Waals surface area (Å²) in [7, 11) is -2.43. The number of carbonyl (C=O) groups excluding carboxylic acids is 4. The number of hydrogen-bond acceptors (Lipinski definition) is 11. The van der Waals surface area contributed by atoms with E-state index in [4.69, 9.17) is 14.2 Å². The lowest BCUT2D eigenvalue weighted by atomic mass is 10.0. The number of carbonyl (C=O) groups is 4. The summed E-state index contributed by atoms with van der Waals surface area (Å²) >= 11 is 0. The Morgan fingerprint density at radius 3 is 2.53 bits per heavy atom. The first-order valence-corrected chi connectivity index (χ1v) is 21.1. The highest BCUT2D eigenvalue weighted by atomic mass is 32.2. The van der Waals surface area contributed by atoms with E-state index in [2.05, 4.69) is 25.3 Å². The first kappa shape index (κ1) is 37.5. The molecule has 16 heteroatoms. The van der Waals surface area contributed by atoms with Gasteiger partial charge in [0.1, 0.15) is 41.3 Å². The summed E-state index contributed by atoms with van der Waals surface area (Å²) in [5.41, 5.74) is 0.185. The molecule has 1 aromatic heterocycles. The van der Waals surface area contributed by atoms with Gasteiger partial charge in [0.15, 0.2) is 0 Å². The largest absolute Gasteiger partial charge is 0.497 e. The van der Waals surface area contributed by atoms with Crippen LogP contribution in [0.25, 0.3) is 11.0 Å². The fraction of sp³-hybridized carbons (Fsp3) is 0.641. The Hall–Kier alpha value is -4.47. The van der Waals surface area contributed by atoms with Crippen molar-refractivity contribution in [3.63, 3.8) is 0 Å². The molecule has 4 saturated carbocycles. The van der Waals surface area contributed by atoms with Crippen LogP contribution >= 0.6 is 0 Å². The molecule has 8 rings (SSSR count). The summed E-state index contributed by atoms with van der Waals surface area (Å²) in [4.78, 5) is 66.8. The molecule has 1 unspecified atom stereocenters. The molecule has 4 aliphatic carbocycles. The lowest BCUT2D eigenvalue weighted by Gasteiger charge is -2.30. The number of nitrogens with zero attached hydrogens (tertiary/aromatic N) is 3. The number of aromatic nitrogens is 2. The van der Waals surface area contributed by atoms with Crippen molar-refractivity contribution in [1.29, 1.82) is 0 Å². The van der Waals surface area contributed by atoms with Crippen molar-refractivity contribution in [2.24, 2.45) is 17.8 Å². The maximum atomic E-state index is 14.6. The molecule has 296 valence electrons. The topological polar surface area (TPSA) is 195 Å². The molecule has 55 heavy (non-hydrogen) atoms. The first-order chi connectivity index (χ1) is 26.3. The van der Waals surface area contributed by atoms with Gasteiger partial charge < -0.3 is 29.7 Å². The van der Waals surface area contributed by atoms with Crippen LogP contribution < -0.4 is 24.8 Å². The predicted molar refractivity (Wildman–Crippen MR) is 199 cm³/mol. The third kappa shape index (κ3) is 7.58. The Kier molecular flexibility index (Phi) is 9.69. The second-order valence-electron chi connectivity index (χ2n) is 16.6. The number of fused-ring (bicyclic) bond motifs is 4. The van der Waals surface area contributed by atoms with Crippen molar-refractivity contribution in [2.45, 2.75) is 125 Å². The zero-order valence-corrected chi connectivity index (χ0v) is 32.4. The average molecular weight is 779 g/mol. The molecular formula is C39H50N6O9S. The van der Waals surface area contributed by atoms with Gasteiger partial charge in [-0.2, -0.15) is 0 Å². The van der Waals surface area contributed by atoms with Gasteiger partial charge >= 0.3 is 6.09 Å². The second kappa shape index (κ2) is 14.2. The van der Waals surface area contributed by atoms with Crippen molar-refractivity contribution < 1.29 is 41.8 Å². The van der Waals surface area contributed by atoms with Crippen LogP contribution in [-0.2, 0) is 29.1 Å². The van der Waals surface area contributed by atoms with Gasteiger partial charge in [-0.1, -0.05) is 25.0 Å². The van der Waals surface area contributed by atoms with Crippen LogP contribution in [0.15, 0.2) is 30.4 Å². The van der Waals surface area contributed by atoms with Crippen LogP contribution in [0.2, 0.25) is 0 Å². The molecule has 1 aromatic carbocycles. The molecule has 1 saturated heterocycles. The van der Waals surface area contributed by atoms with Gasteiger partial charge in [0.05, 0.1) is 29.4 Å². The molecule has 15 nitrogen and oxygen atoms in total. The summed E-state index contributed by atoms with van der Waals surface area (Å²) in [5.74, 6) is -0.257. The summed E-state index contributed by atoms with van der Waals surface area (Å²) in [6.45, 7) is 3.34. The number of nitrogens with one attached hydrogen (secondary N) is 3. The zero-order chi connectivity index (χ0) is 38.7. The van der Waals surface area contributed by atoms with Crippen molar-refractivity contribution in [2.75, 3.05) is 13.7 Å². The highest BCUT2D eigenvalue weighted by Crippen LogP contribution is 2.52. The van der Waals surface area contributed by atoms with Gasteiger partial charge in [0.2, 0.25) is 27.7 Å². The van der Waals surface area contributed by atoms with Crippen molar-refractivity contribution in [3.05, 3.63) is 36.0 Å². The predicted octanol–water partition coefficient (Wildman–Crippen LogP) is 3.58. The molecule has 2 aromatic rings. The van der Waals surface area contributed by atoms with Crippen molar-refractivity contribution in [3.8, 4) is 11.6 Å². The summed E-state index contributed by atoms with van der Waals surface area (Å²) in [5, 5.41) is 5.73. The van der Waals surface area contributed by atoms with Crippen molar-refractivity contribution >= 4 is 44.9 Å². The van der Waals surface area contributed by atoms with E-state index in [1.807, 2.05) is 12.2 Å². The van der Waals surface area contributed by atoms with Crippen LogP contribution in [0.4, 0.5) is 4.79 Å². The molecule has 0 bridgehead atoms. The van der Waals surface area contributed by atoms with Crippen LogP contribution in [0, 0.1) is 24.7 Å². The standard InChI is InChI=1S/C39H50N6O9S/c1-22-34(41-31-18-26(52-3)11-12-29(31)40-22)53-28-19-32-33(46)43-39(36(48)44-55(50,51)38(2)13-14-38)20-25(39)9-7-5-4-6-8-10-30(35(47)45(32)21-28)42-37(49)54-27-16-23-15-24(23)17-27/h7,9,11-12,18,23-25,27-28,30,32H,4-6,8,10,13-17,19-21H2,1-3H3,(H,42,49)(H,43,46)(H,44,48)/b9-7-/t23-,24+,25-,27?,28-,30+,32+,39-/m1/s1. The van der Waals surface area contributed by atoms with Crippen LogP contribution in [0.3, 0.4) is 0 Å². The Labute approximate surface area is 320 Å². The first-order valence-electron chi connectivity index (χ1n) is 19.6. The number of alkyl carbamates (subject to hydrolysis) is 1. The fourth-order valence-electron chi connectivity index (χ4n) is 8.53. The molecule has 8 atom stereocenters. The monoisotopic (exact) mass is 778 g/mol. The minimum Gasteiger partial charge on any atom is -0.497 e. The second-order valence-corrected chi connectivity index (χ2v) is 18.8. The third-order valence-electron chi connectivity index (χ3n) is 12.5. The number of amides is 4. The maximum absolute atomic E-state index is 14.6. The molecule has 5 fully saturated rings. The minimum atomic E-state index is -3.98. The quantitative estimate of drug-likeness (QED) is 0.332. The van der Waals surface area contributed by atoms with Gasteiger partial charge in [-0.15, -0.1) is 0 Å². The Morgan fingerprint density at radius 1 is 1.00 bits per heavy atom. The Balaban J connectivity index is 1.07. The lowest BCUT2D eigenvalue weighted by Crippen LogP contribution is -2.58. The smallest absolute Gasteiger partial charge is 0.408 e. The molecule has 3 heterocycles. The van der Waals surface area contributed by atoms with Gasteiger partial charge in [-0.3, -0.25) is 19.1 Å². The Bertz CT molecular complexity index is 2030. The third-order valence-corrected chi connectivity index (χ3v) is 14.7. The van der Waals surface area contributed by atoms with Gasteiger partial charge in [0.25, 0.3) is 5.91 Å². The minimum absolute atomic E-state index is 0.0112. The molecule has 0 spiro atoms. The van der Waals surface area contributed by atoms with E-state index in [1.165, 1.54) is 11.3 Å². The summed E-state index contributed by atoms with van der Waals surface area (Å²) < 4.78 is 45.1. The number of rotatable bonds is 8. The van der Waals surface area contributed by atoms with E-state index in [9.17, 15) is 27.6 Å². The van der Waals surface area contributed by atoms with E-state index < -0.39 is 68.2 Å². The lowest BCUT2D eigenvalue weighted by molar-refractivity contribution is -0.141. The van der Waals surface area contributed by atoms with Crippen molar-refractivity contribution in [1.82, 2.24) is 30.2 Å². The molecular weight excluding hydrogens is 729 g/mol. The normalized spacial score (nSPS) is 33.1. The van der Waals surface area contributed by atoms with E-state index in [1.54, 1.807) is 39.2 Å².